The average Bonchev–Trinajstić information content (AvgIpc) is 3.17. The molecule has 0 spiro atoms. The fraction of sp³-hybridized carbons (Fsp3) is 0.211. The molecule has 0 bridgehead atoms. The largest absolute Gasteiger partial charge is 0.421 e. The van der Waals surface area contributed by atoms with Gasteiger partial charge in [-0.05, 0) is 49.2 Å². The summed E-state index contributed by atoms with van der Waals surface area (Å²) in [5, 5.41) is 7.82. The number of hydrogen-bond donors (Lipinski definition) is 0. The van der Waals surface area contributed by atoms with Crippen LogP contribution in [0.4, 0.5) is 5.69 Å². The SMILES string of the molecule is Cc1nnc(-c2ccc(C(=O)N3c4ccccc4CC3C)cc2)o1. The van der Waals surface area contributed by atoms with Crippen LogP contribution in [-0.2, 0) is 6.42 Å². The number of aryl methyl sites for hydroxylation is 1. The predicted octanol–water partition coefficient (Wildman–Crippen LogP) is 3.64. The van der Waals surface area contributed by atoms with Gasteiger partial charge in [0.25, 0.3) is 5.91 Å². The molecule has 24 heavy (non-hydrogen) atoms. The third-order valence-electron chi connectivity index (χ3n) is 4.33. The van der Waals surface area contributed by atoms with E-state index < -0.39 is 0 Å². The van der Waals surface area contributed by atoms with Crippen molar-refractivity contribution in [2.45, 2.75) is 26.3 Å². The van der Waals surface area contributed by atoms with E-state index in [1.54, 1.807) is 6.92 Å². The van der Waals surface area contributed by atoms with Crippen LogP contribution in [0, 0.1) is 6.92 Å². The number of anilines is 1. The van der Waals surface area contributed by atoms with E-state index in [9.17, 15) is 4.79 Å². The van der Waals surface area contributed by atoms with Gasteiger partial charge in [0.05, 0.1) is 0 Å². The molecule has 3 aromatic rings. The van der Waals surface area contributed by atoms with Gasteiger partial charge in [-0.2, -0.15) is 0 Å². The van der Waals surface area contributed by atoms with E-state index in [2.05, 4.69) is 23.2 Å². The summed E-state index contributed by atoms with van der Waals surface area (Å²) in [5.41, 5.74) is 3.68. The molecule has 0 radical (unpaired) electrons. The first-order chi connectivity index (χ1) is 11.6. The van der Waals surface area contributed by atoms with Crippen molar-refractivity contribution in [3.63, 3.8) is 0 Å². The Kier molecular flexibility index (Phi) is 3.41. The van der Waals surface area contributed by atoms with Crippen molar-refractivity contribution < 1.29 is 9.21 Å². The second-order valence-electron chi connectivity index (χ2n) is 6.06. The second kappa shape index (κ2) is 5.60. The number of fused-ring (bicyclic) bond motifs is 1. The number of para-hydroxylation sites is 1. The number of amides is 1. The molecule has 5 nitrogen and oxygen atoms in total. The van der Waals surface area contributed by atoms with Gasteiger partial charge in [-0.15, -0.1) is 10.2 Å². The first-order valence-corrected chi connectivity index (χ1v) is 7.95. The Labute approximate surface area is 139 Å². The zero-order valence-corrected chi connectivity index (χ0v) is 13.6. The van der Waals surface area contributed by atoms with Crippen LogP contribution in [0.15, 0.2) is 52.9 Å². The van der Waals surface area contributed by atoms with Gasteiger partial charge in [0.15, 0.2) is 0 Å². The Balaban J connectivity index is 1.63. The van der Waals surface area contributed by atoms with E-state index >= 15 is 0 Å². The van der Waals surface area contributed by atoms with Crippen LogP contribution in [0.3, 0.4) is 0 Å². The number of nitrogens with zero attached hydrogens (tertiary/aromatic N) is 3. The van der Waals surface area contributed by atoms with E-state index in [4.69, 9.17) is 4.42 Å². The molecule has 4 rings (SSSR count). The van der Waals surface area contributed by atoms with Gasteiger partial charge < -0.3 is 9.32 Å². The average molecular weight is 319 g/mol. The molecule has 1 aliphatic rings. The number of carbonyl (C=O) groups is 1. The molecule has 0 aliphatic carbocycles. The maximum Gasteiger partial charge on any atom is 0.258 e. The van der Waals surface area contributed by atoms with Crippen molar-refractivity contribution in [3.8, 4) is 11.5 Å². The normalized spacial score (nSPS) is 16.2. The van der Waals surface area contributed by atoms with Crippen molar-refractivity contribution >= 4 is 11.6 Å². The Morgan fingerprint density at radius 1 is 1.12 bits per heavy atom. The van der Waals surface area contributed by atoms with Crippen LogP contribution < -0.4 is 4.90 Å². The van der Waals surface area contributed by atoms with E-state index in [-0.39, 0.29) is 11.9 Å². The van der Waals surface area contributed by atoms with Crippen LogP contribution in [0.5, 0.6) is 0 Å². The molecule has 5 heteroatoms. The minimum atomic E-state index is 0.0145. The van der Waals surface area contributed by atoms with Gasteiger partial charge in [-0.25, -0.2) is 0 Å². The summed E-state index contributed by atoms with van der Waals surface area (Å²) >= 11 is 0. The number of hydrogen-bond acceptors (Lipinski definition) is 4. The van der Waals surface area contributed by atoms with E-state index in [1.165, 1.54) is 5.56 Å². The first-order valence-electron chi connectivity index (χ1n) is 7.95. The van der Waals surface area contributed by atoms with Crippen LogP contribution in [-0.4, -0.2) is 22.1 Å². The van der Waals surface area contributed by atoms with Crippen LogP contribution in [0.2, 0.25) is 0 Å². The Hall–Kier alpha value is -2.95. The van der Waals surface area contributed by atoms with Crippen LogP contribution in [0.25, 0.3) is 11.5 Å². The first kappa shape index (κ1) is 14.6. The van der Waals surface area contributed by atoms with E-state index in [0.717, 1.165) is 17.7 Å². The van der Waals surface area contributed by atoms with E-state index in [0.29, 0.717) is 17.3 Å². The topological polar surface area (TPSA) is 59.2 Å². The monoisotopic (exact) mass is 319 g/mol. The standard InChI is InChI=1S/C19H17N3O2/c1-12-11-16-5-3-4-6-17(16)22(12)19(23)15-9-7-14(8-10-15)18-21-20-13(2)24-18/h3-10,12H,11H2,1-2H3. The molecule has 2 heterocycles. The molecular weight excluding hydrogens is 302 g/mol. The van der Waals surface area contributed by atoms with Crippen molar-refractivity contribution in [2.75, 3.05) is 4.90 Å². The molecule has 0 fully saturated rings. The molecule has 1 aliphatic heterocycles. The number of aromatic nitrogens is 2. The lowest BCUT2D eigenvalue weighted by Crippen LogP contribution is -2.35. The minimum Gasteiger partial charge on any atom is -0.421 e. The number of carbonyl (C=O) groups excluding carboxylic acids is 1. The Bertz CT molecular complexity index is 899. The molecule has 0 saturated heterocycles. The van der Waals surface area contributed by atoms with Gasteiger partial charge in [-0.1, -0.05) is 18.2 Å². The highest BCUT2D eigenvalue weighted by Gasteiger charge is 2.31. The molecule has 1 amide bonds. The molecule has 2 aromatic carbocycles. The fourth-order valence-corrected chi connectivity index (χ4v) is 3.18. The van der Waals surface area contributed by atoms with E-state index in [1.807, 2.05) is 47.4 Å². The lowest BCUT2D eigenvalue weighted by Gasteiger charge is -2.22. The highest BCUT2D eigenvalue weighted by molar-refractivity contribution is 6.07. The summed E-state index contributed by atoms with van der Waals surface area (Å²) in [6.45, 7) is 3.83. The van der Waals surface area contributed by atoms with Crippen molar-refractivity contribution in [3.05, 3.63) is 65.5 Å². The highest BCUT2D eigenvalue weighted by Crippen LogP contribution is 2.33. The second-order valence-corrected chi connectivity index (χ2v) is 6.06. The predicted molar refractivity (Wildman–Crippen MR) is 90.9 cm³/mol. The van der Waals surface area contributed by atoms with Crippen LogP contribution >= 0.6 is 0 Å². The van der Waals surface area contributed by atoms with Crippen LogP contribution in [0.1, 0.15) is 28.7 Å². The smallest absolute Gasteiger partial charge is 0.258 e. The number of benzene rings is 2. The van der Waals surface area contributed by atoms with Crippen molar-refractivity contribution in [1.29, 1.82) is 0 Å². The van der Waals surface area contributed by atoms with Crippen molar-refractivity contribution in [1.82, 2.24) is 10.2 Å². The lowest BCUT2D eigenvalue weighted by molar-refractivity contribution is 0.0981. The summed E-state index contributed by atoms with van der Waals surface area (Å²) in [7, 11) is 0. The van der Waals surface area contributed by atoms with Gasteiger partial charge in [-0.3, -0.25) is 4.79 Å². The molecule has 1 unspecified atom stereocenters. The van der Waals surface area contributed by atoms with Crippen molar-refractivity contribution in [2.24, 2.45) is 0 Å². The molecule has 120 valence electrons. The molecule has 1 aromatic heterocycles. The summed E-state index contributed by atoms with van der Waals surface area (Å²) in [6.07, 6.45) is 0.890. The fourth-order valence-electron chi connectivity index (χ4n) is 3.18. The molecular formula is C19H17N3O2. The molecule has 1 atom stereocenters. The highest BCUT2D eigenvalue weighted by atomic mass is 16.4. The van der Waals surface area contributed by atoms with Gasteiger partial charge in [0.2, 0.25) is 11.8 Å². The Morgan fingerprint density at radius 3 is 2.58 bits per heavy atom. The zero-order chi connectivity index (χ0) is 16.7. The Morgan fingerprint density at radius 2 is 1.88 bits per heavy atom. The minimum absolute atomic E-state index is 0.0145. The van der Waals surface area contributed by atoms with Gasteiger partial charge >= 0.3 is 0 Å². The van der Waals surface area contributed by atoms with Gasteiger partial charge in [0, 0.05) is 29.8 Å². The lowest BCUT2D eigenvalue weighted by atomic mass is 10.1. The quantitative estimate of drug-likeness (QED) is 0.723. The van der Waals surface area contributed by atoms with Gasteiger partial charge in [0.1, 0.15) is 0 Å². The maximum atomic E-state index is 12.9. The third kappa shape index (κ3) is 2.38. The molecule has 0 N–H and O–H groups in total. The summed E-state index contributed by atoms with van der Waals surface area (Å²) < 4.78 is 5.42. The maximum absolute atomic E-state index is 12.9. The summed E-state index contributed by atoms with van der Waals surface area (Å²) in [6, 6.07) is 15.5. The number of rotatable bonds is 2. The zero-order valence-electron chi connectivity index (χ0n) is 13.6. The molecule has 0 saturated carbocycles. The summed E-state index contributed by atoms with van der Waals surface area (Å²) in [5.74, 6) is 1.000. The third-order valence-corrected chi connectivity index (χ3v) is 4.33. The summed E-state index contributed by atoms with van der Waals surface area (Å²) in [4.78, 5) is 14.8.